The lowest BCUT2D eigenvalue weighted by atomic mass is 10.0. The van der Waals surface area contributed by atoms with Crippen LogP contribution in [0.1, 0.15) is 35.1 Å². The summed E-state index contributed by atoms with van der Waals surface area (Å²) >= 11 is 0. The summed E-state index contributed by atoms with van der Waals surface area (Å²) in [6, 6.07) is 10.2. The van der Waals surface area contributed by atoms with E-state index in [1.54, 1.807) is 23.6 Å². The minimum atomic E-state index is -0.00250. The highest BCUT2D eigenvalue weighted by atomic mass is 16.3. The van der Waals surface area contributed by atoms with Crippen LogP contribution in [0.5, 0.6) is 0 Å². The molecule has 0 spiro atoms. The molecule has 0 fully saturated rings. The summed E-state index contributed by atoms with van der Waals surface area (Å²) in [7, 11) is 0. The number of carbonyl (C=O) groups is 1. The predicted molar refractivity (Wildman–Crippen MR) is 102 cm³/mol. The molecule has 1 aliphatic carbocycles. The van der Waals surface area contributed by atoms with Gasteiger partial charge in [-0.1, -0.05) is 6.07 Å². The van der Waals surface area contributed by atoms with Crippen molar-refractivity contribution >= 4 is 16.9 Å². The van der Waals surface area contributed by atoms with Gasteiger partial charge in [-0.15, -0.1) is 0 Å². The number of hydrogen-bond acceptors (Lipinski definition) is 4. The van der Waals surface area contributed by atoms with Crippen LogP contribution in [0.25, 0.3) is 11.0 Å². The number of pyridine rings is 1. The van der Waals surface area contributed by atoms with Gasteiger partial charge in [0.1, 0.15) is 5.58 Å². The van der Waals surface area contributed by atoms with Crippen molar-refractivity contribution in [1.29, 1.82) is 5.26 Å². The van der Waals surface area contributed by atoms with Crippen LogP contribution in [0.3, 0.4) is 0 Å². The monoisotopic (exact) mass is 359 g/mol. The number of furan rings is 1. The lowest BCUT2D eigenvalue weighted by Crippen LogP contribution is -2.32. The van der Waals surface area contributed by atoms with Gasteiger partial charge in [0, 0.05) is 36.4 Å². The topological polar surface area (TPSA) is 70.1 Å². The maximum atomic E-state index is 13.0. The second-order valence-electron chi connectivity index (χ2n) is 6.99. The van der Waals surface area contributed by atoms with Crippen molar-refractivity contribution in [3.05, 3.63) is 65.2 Å². The van der Waals surface area contributed by atoms with E-state index in [4.69, 9.17) is 9.68 Å². The average molecular weight is 359 g/mol. The van der Waals surface area contributed by atoms with Crippen LogP contribution in [-0.4, -0.2) is 22.3 Å². The molecule has 0 saturated heterocycles. The minimum Gasteiger partial charge on any atom is -0.464 e. The first-order chi connectivity index (χ1) is 13.2. The molecular weight excluding hydrogens is 338 g/mol. The van der Waals surface area contributed by atoms with Crippen molar-refractivity contribution in [2.45, 2.75) is 38.6 Å². The third kappa shape index (κ3) is 3.70. The lowest BCUT2D eigenvalue weighted by Gasteiger charge is -2.21. The molecule has 4 rings (SSSR count). The fraction of sp³-hybridized carbons (Fsp3) is 0.318. The SMILES string of the molecule is N#CCCN(Cc1cccnc1)C(=O)Cc1coc2cc3c(cc12)CCC3. The summed E-state index contributed by atoms with van der Waals surface area (Å²) < 4.78 is 5.72. The van der Waals surface area contributed by atoms with E-state index >= 15 is 0 Å². The van der Waals surface area contributed by atoms with Gasteiger partial charge in [-0.2, -0.15) is 5.26 Å². The van der Waals surface area contributed by atoms with E-state index in [1.165, 1.54) is 17.5 Å². The average Bonchev–Trinajstić information content (AvgIpc) is 3.30. The molecule has 5 heteroatoms. The molecule has 0 unspecified atom stereocenters. The Morgan fingerprint density at radius 1 is 1.30 bits per heavy atom. The summed E-state index contributed by atoms with van der Waals surface area (Å²) in [4.78, 5) is 18.8. The Balaban J connectivity index is 1.55. The number of benzene rings is 1. The number of carbonyl (C=O) groups excluding carboxylic acids is 1. The van der Waals surface area contributed by atoms with Gasteiger partial charge < -0.3 is 9.32 Å². The molecule has 1 aromatic carbocycles. The number of nitriles is 1. The van der Waals surface area contributed by atoms with Crippen molar-refractivity contribution in [2.75, 3.05) is 6.54 Å². The Hall–Kier alpha value is -3.13. The van der Waals surface area contributed by atoms with Crippen LogP contribution in [0.2, 0.25) is 0 Å². The number of hydrogen-bond donors (Lipinski definition) is 0. The fourth-order valence-corrected chi connectivity index (χ4v) is 3.75. The molecule has 0 N–H and O–H groups in total. The number of aryl methyl sites for hydroxylation is 2. The van der Waals surface area contributed by atoms with Crippen LogP contribution in [0.15, 0.2) is 47.3 Å². The van der Waals surface area contributed by atoms with E-state index in [0.717, 1.165) is 34.9 Å². The third-order valence-electron chi connectivity index (χ3n) is 5.15. The van der Waals surface area contributed by atoms with Crippen molar-refractivity contribution in [1.82, 2.24) is 9.88 Å². The van der Waals surface area contributed by atoms with E-state index in [9.17, 15) is 4.79 Å². The van der Waals surface area contributed by atoms with Gasteiger partial charge in [-0.3, -0.25) is 9.78 Å². The Kier molecular flexibility index (Phi) is 4.88. The Labute approximate surface area is 158 Å². The number of aromatic nitrogens is 1. The zero-order chi connectivity index (χ0) is 18.6. The second kappa shape index (κ2) is 7.63. The number of rotatable bonds is 6. The molecule has 5 nitrogen and oxygen atoms in total. The van der Waals surface area contributed by atoms with Gasteiger partial charge >= 0.3 is 0 Å². The van der Waals surface area contributed by atoms with Crippen molar-refractivity contribution in [3.63, 3.8) is 0 Å². The summed E-state index contributed by atoms with van der Waals surface area (Å²) in [5.74, 6) is -0.00250. The van der Waals surface area contributed by atoms with E-state index < -0.39 is 0 Å². The van der Waals surface area contributed by atoms with Gasteiger partial charge in [-0.25, -0.2) is 0 Å². The quantitative estimate of drug-likeness (QED) is 0.671. The van der Waals surface area contributed by atoms with Crippen LogP contribution in [-0.2, 0) is 30.6 Å². The molecule has 0 saturated carbocycles. The highest BCUT2D eigenvalue weighted by Crippen LogP contribution is 2.30. The molecule has 3 aromatic rings. The molecule has 2 aromatic heterocycles. The number of amides is 1. The van der Waals surface area contributed by atoms with Gasteiger partial charge in [-0.05, 0) is 54.2 Å². The first-order valence-electron chi connectivity index (χ1n) is 9.30. The van der Waals surface area contributed by atoms with E-state index in [2.05, 4.69) is 23.2 Å². The fourth-order valence-electron chi connectivity index (χ4n) is 3.75. The molecule has 136 valence electrons. The summed E-state index contributed by atoms with van der Waals surface area (Å²) in [6.45, 7) is 0.870. The maximum absolute atomic E-state index is 13.0. The molecule has 0 bridgehead atoms. The molecule has 1 aliphatic rings. The van der Waals surface area contributed by atoms with Crippen LogP contribution in [0.4, 0.5) is 0 Å². The maximum Gasteiger partial charge on any atom is 0.227 e. The molecule has 1 amide bonds. The predicted octanol–water partition coefficient (Wildman–Crippen LogP) is 3.80. The van der Waals surface area contributed by atoms with Gasteiger partial charge in [0.15, 0.2) is 0 Å². The smallest absolute Gasteiger partial charge is 0.227 e. The zero-order valence-electron chi connectivity index (χ0n) is 15.1. The van der Waals surface area contributed by atoms with Crippen LogP contribution in [0, 0.1) is 11.3 Å². The second-order valence-corrected chi connectivity index (χ2v) is 6.99. The largest absolute Gasteiger partial charge is 0.464 e. The standard InChI is InChI=1S/C22H21N3O2/c23-7-3-9-25(14-16-4-2-8-24-13-16)22(26)12-19-15-27-21-11-18-6-1-5-17(18)10-20(19)21/h2,4,8,10-11,13,15H,1,3,5-6,9,12,14H2. The highest BCUT2D eigenvalue weighted by molar-refractivity contribution is 5.88. The third-order valence-corrected chi connectivity index (χ3v) is 5.15. The molecule has 0 atom stereocenters. The molecule has 2 heterocycles. The van der Waals surface area contributed by atoms with Gasteiger partial charge in [0.05, 0.1) is 25.2 Å². The first kappa shape index (κ1) is 17.3. The van der Waals surface area contributed by atoms with Crippen molar-refractivity contribution in [3.8, 4) is 6.07 Å². The Morgan fingerprint density at radius 2 is 2.15 bits per heavy atom. The number of nitrogens with zero attached hydrogens (tertiary/aromatic N) is 3. The van der Waals surface area contributed by atoms with Crippen LogP contribution >= 0.6 is 0 Å². The van der Waals surface area contributed by atoms with Gasteiger partial charge in [0.2, 0.25) is 5.91 Å². The summed E-state index contributed by atoms with van der Waals surface area (Å²) in [5, 5.41) is 9.97. The van der Waals surface area contributed by atoms with Gasteiger partial charge in [0.25, 0.3) is 0 Å². The zero-order valence-corrected chi connectivity index (χ0v) is 15.1. The molecule has 0 aliphatic heterocycles. The van der Waals surface area contributed by atoms with Crippen LogP contribution < -0.4 is 0 Å². The Morgan fingerprint density at radius 3 is 2.93 bits per heavy atom. The Bertz CT molecular complexity index is 1000. The molecular formula is C22H21N3O2. The van der Waals surface area contributed by atoms with E-state index in [-0.39, 0.29) is 12.3 Å². The highest BCUT2D eigenvalue weighted by Gasteiger charge is 2.19. The molecule has 0 radical (unpaired) electrons. The minimum absolute atomic E-state index is 0.00250. The normalized spacial score (nSPS) is 12.7. The van der Waals surface area contributed by atoms with E-state index in [0.29, 0.717) is 19.5 Å². The van der Waals surface area contributed by atoms with Crippen molar-refractivity contribution < 1.29 is 9.21 Å². The number of fused-ring (bicyclic) bond motifs is 2. The summed E-state index contributed by atoms with van der Waals surface area (Å²) in [5.41, 5.74) is 5.46. The van der Waals surface area contributed by atoms with Crippen molar-refractivity contribution in [2.24, 2.45) is 0 Å². The first-order valence-corrected chi connectivity index (χ1v) is 9.30. The molecule has 27 heavy (non-hydrogen) atoms. The lowest BCUT2D eigenvalue weighted by molar-refractivity contribution is -0.131. The summed E-state index contributed by atoms with van der Waals surface area (Å²) in [6.07, 6.45) is 9.13. The van der Waals surface area contributed by atoms with E-state index in [1.807, 2.05) is 12.1 Å².